The molecule has 2 fully saturated rings. The number of hydrogen-bond acceptors (Lipinski definition) is 4. The van der Waals surface area contributed by atoms with Crippen molar-refractivity contribution >= 4 is 23.5 Å². The zero-order chi connectivity index (χ0) is 16.2. The molecule has 0 bridgehead atoms. The van der Waals surface area contributed by atoms with Gasteiger partial charge in [-0.3, -0.25) is 14.9 Å². The van der Waals surface area contributed by atoms with Gasteiger partial charge in [0.1, 0.15) is 6.04 Å². The maximum absolute atomic E-state index is 12.4. The van der Waals surface area contributed by atoms with Gasteiger partial charge in [0.25, 0.3) is 5.91 Å². The highest BCUT2D eigenvalue weighted by Crippen LogP contribution is 2.16. The summed E-state index contributed by atoms with van der Waals surface area (Å²) in [5.41, 5.74) is 1.16. The summed E-state index contributed by atoms with van der Waals surface area (Å²) in [5.74, 6) is -0.522. The zero-order valence-electron chi connectivity index (χ0n) is 12.8. The monoisotopic (exact) mass is 316 g/mol. The van der Waals surface area contributed by atoms with Gasteiger partial charge in [-0.05, 0) is 18.6 Å². The summed E-state index contributed by atoms with van der Waals surface area (Å²) in [6.45, 7) is 2.95. The molecule has 1 aromatic carbocycles. The number of anilines is 1. The van der Waals surface area contributed by atoms with E-state index in [1.807, 2.05) is 18.2 Å². The van der Waals surface area contributed by atoms with Crippen LogP contribution in [0.1, 0.15) is 12.8 Å². The molecule has 23 heavy (non-hydrogen) atoms. The lowest BCUT2D eigenvalue weighted by atomic mass is 10.2. The molecule has 0 saturated carbocycles. The second kappa shape index (κ2) is 6.68. The Balaban J connectivity index is 1.56. The van der Waals surface area contributed by atoms with Crippen molar-refractivity contribution in [2.75, 3.05) is 31.1 Å². The van der Waals surface area contributed by atoms with E-state index in [2.05, 4.69) is 27.7 Å². The van der Waals surface area contributed by atoms with E-state index >= 15 is 0 Å². The highest BCUT2D eigenvalue weighted by atomic mass is 16.2. The van der Waals surface area contributed by atoms with E-state index in [9.17, 15) is 14.4 Å². The van der Waals surface area contributed by atoms with Crippen molar-refractivity contribution < 1.29 is 14.4 Å². The van der Waals surface area contributed by atoms with E-state index in [1.165, 1.54) is 0 Å². The van der Waals surface area contributed by atoms with E-state index in [1.54, 1.807) is 4.90 Å². The van der Waals surface area contributed by atoms with E-state index in [4.69, 9.17) is 0 Å². The largest absolute Gasteiger partial charge is 0.370 e. The number of benzene rings is 1. The summed E-state index contributed by atoms with van der Waals surface area (Å²) in [7, 11) is 0. The van der Waals surface area contributed by atoms with E-state index < -0.39 is 18.0 Å². The standard InChI is InChI=1S/C16H20N4O3/c21-14(11-13-15(22)18-16(23)17-13)20-8-4-7-19(9-10-20)12-5-2-1-3-6-12/h1-3,5-6,13H,4,7-11H2,(H2,17,18,22,23). The van der Waals surface area contributed by atoms with Crippen LogP contribution in [0.4, 0.5) is 10.5 Å². The summed E-state index contributed by atoms with van der Waals surface area (Å²) in [5, 5.41) is 4.61. The Morgan fingerprint density at radius 2 is 1.87 bits per heavy atom. The second-order valence-corrected chi connectivity index (χ2v) is 5.78. The van der Waals surface area contributed by atoms with Gasteiger partial charge < -0.3 is 15.1 Å². The Kier molecular flexibility index (Phi) is 4.45. The maximum Gasteiger partial charge on any atom is 0.322 e. The van der Waals surface area contributed by atoms with Crippen LogP contribution < -0.4 is 15.5 Å². The molecule has 2 N–H and O–H groups in total. The molecule has 4 amide bonds. The van der Waals surface area contributed by atoms with Gasteiger partial charge in [0.15, 0.2) is 0 Å². The molecule has 7 nitrogen and oxygen atoms in total. The third kappa shape index (κ3) is 3.61. The molecular weight excluding hydrogens is 296 g/mol. The van der Waals surface area contributed by atoms with Crippen LogP contribution in [0.3, 0.4) is 0 Å². The van der Waals surface area contributed by atoms with Crippen molar-refractivity contribution in [3.05, 3.63) is 30.3 Å². The Hall–Kier alpha value is -2.57. The minimum atomic E-state index is -0.747. The van der Waals surface area contributed by atoms with Crippen molar-refractivity contribution in [2.45, 2.75) is 18.9 Å². The topological polar surface area (TPSA) is 81.8 Å². The van der Waals surface area contributed by atoms with Gasteiger partial charge in [0.05, 0.1) is 6.42 Å². The fraction of sp³-hybridized carbons (Fsp3) is 0.438. The van der Waals surface area contributed by atoms with Crippen LogP contribution in [0.2, 0.25) is 0 Å². The van der Waals surface area contributed by atoms with Crippen LogP contribution >= 0.6 is 0 Å². The number of carbonyl (C=O) groups excluding carboxylic acids is 3. The van der Waals surface area contributed by atoms with Gasteiger partial charge in [0, 0.05) is 31.9 Å². The molecular formula is C16H20N4O3. The fourth-order valence-electron chi connectivity index (χ4n) is 2.97. The number of rotatable bonds is 3. The van der Waals surface area contributed by atoms with Gasteiger partial charge in [-0.1, -0.05) is 18.2 Å². The summed E-state index contributed by atoms with van der Waals surface area (Å²) in [4.78, 5) is 39.1. The molecule has 7 heteroatoms. The first kappa shape index (κ1) is 15.3. The van der Waals surface area contributed by atoms with Gasteiger partial charge in [-0.25, -0.2) is 4.79 Å². The second-order valence-electron chi connectivity index (χ2n) is 5.78. The molecule has 0 spiro atoms. The van der Waals surface area contributed by atoms with Crippen LogP contribution in [-0.2, 0) is 9.59 Å². The summed E-state index contributed by atoms with van der Waals surface area (Å²) >= 11 is 0. The number of amides is 4. The molecule has 3 rings (SSSR count). The number of nitrogens with zero attached hydrogens (tertiary/aromatic N) is 2. The number of para-hydroxylation sites is 1. The van der Waals surface area contributed by atoms with Crippen LogP contribution in [0.5, 0.6) is 0 Å². The SMILES string of the molecule is O=C1NC(=O)C(CC(=O)N2CCCN(c3ccccc3)CC2)N1. The Bertz CT molecular complexity index is 605. The molecule has 1 aromatic rings. The fourth-order valence-corrected chi connectivity index (χ4v) is 2.97. The zero-order valence-corrected chi connectivity index (χ0v) is 12.8. The predicted molar refractivity (Wildman–Crippen MR) is 84.9 cm³/mol. The quantitative estimate of drug-likeness (QED) is 0.787. The van der Waals surface area contributed by atoms with Gasteiger partial charge in [-0.15, -0.1) is 0 Å². The Labute approximate surface area is 134 Å². The third-order valence-corrected chi connectivity index (χ3v) is 4.21. The van der Waals surface area contributed by atoms with Crippen LogP contribution in [0, 0.1) is 0 Å². The van der Waals surface area contributed by atoms with E-state index in [0.29, 0.717) is 13.1 Å². The molecule has 0 radical (unpaired) electrons. The number of nitrogens with one attached hydrogen (secondary N) is 2. The minimum absolute atomic E-state index is 0.0168. The molecule has 2 heterocycles. The lowest BCUT2D eigenvalue weighted by molar-refractivity contribution is -0.133. The van der Waals surface area contributed by atoms with Gasteiger partial charge in [0.2, 0.25) is 5.91 Å². The molecule has 122 valence electrons. The first-order valence-corrected chi connectivity index (χ1v) is 7.82. The lowest BCUT2D eigenvalue weighted by Gasteiger charge is -2.24. The summed E-state index contributed by atoms with van der Waals surface area (Å²) < 4.78 is 0. The molecule has 2 aliphatic rings. The molecule has 1 atom stereocenters. The molecule has 0 aromatic heterocycles. The van der Waals surface area contributed by atoms with Crippen molar-refractivity contribution in [1.29, 1.82) is 0 Å². The minimum Gasteiger partial charge on any atom is -0.370 e. The Morgan fingerprint density at radius 1 is 1.09 bits per heavy atom. The van der Waals surface area contributed by atoms with E-state index in [0.717, 1.165) is 25.2 Å². The lowest BCUT2D eigenvalue weighted by Crippen LogP contribution is -2.40. The maximum atomic E-state index is 12.4. The predicted octanol–water partition coefficient (Wildman–Crippen LogP) is 0.323. The van der Waals surface area contributed by atoms with Crippen molar-refractivity contribution in [1.82, 2.24) is 15.5 Å². The average molecular weight is 316 g/mol. The molecule has 1 unspecified atom stereocenters. The normalized spacial score (nSPS) is 21.7. The molecule has 2 aliphatic heterocycles. The van der Waals surface area contributed by atoms with Crippen LogP contribution in [0.15, 0.2) is 30.3 Å². The molecule has 2 saturated heterocycles. The van der Waals surface area contributed by atoms with Crippen LogP contribution in [0.25, 0.3) is 0 Å². The van der Waals surface area contributed by atoms with Gasteiger partial charge in [-0.2, -0.15) is 0 Å². The first-order chi connectivity index (χ1) is 11.1. The number of carbonyl (C=O) groups is 3. The van der Waals surface area contributed by atoms with Crippen molar-refractivity contribution in [2.24, 2.45) is 0 Å². The number of imide groups is 1. The smallest absolute Gasteiger partial charge is 0.322 e. The van der Waals surface area contributed by atoms with Crippen LogP contribution in [-0.4, -0.2) is 55.0 Å². The van der Waals surface area contributed by atoms with E-state index in [-0.39, 0.29) is 12.3 Å². The summed E-state index contributed by atoms with van der Waals surface area (Å²) in [6, 6.07) is 8.85. The average Bonchev–Trinajstić information content (AvgIpc) is 2.76. The van der Waals surface area contributed by atoms with Gasteiger partial charge >= 0.3 is 6.03 Å². The summed E-state index contributed by atoms with van der Waals surface area (Å²) in [6.07, 6.45) is 0.896. The first-order valence-electron chi connectivity index (χ1n) is 7.82. The van der Waals surface area contributed by atoms with Crippen molar-refractivity contribution in [3.63, 3.8) is 0 Å². The number of urea groups is 1. The highest BCUT2D eigenvalue weighted by Gasteiger charge is 2.32. The third-order valence-electron chi connectivity index (χ3n) is 4.21. The number of hydrogen-bond donors (Lipinski definition) is 2. The Morgan fingerprint density at radius 3 is 2.57 bits per heavy atom. The highest BCUT2D eigenvalue weighted by molar-refractivity contribution is 6.05. The molecule has 0 aliphatic carbocycles. The van der Waals surface area contributed by atoms with Crippen molar-refractivity contribution in [3.8, 4) is 0 Å².